The van der Waals surface area contributed by atoms with E-state index < -0.39 is 43.8 Å². The van der Waals surface area contributed by atoms with E-state index in [-0.39, 0.29) is 36.4 Å². The van der Waals surface area contributed by atoms with Crippen molar-refractivity contribution >= 4 is 14.7 Å². The number of benzene rings is 3. The quantitative estimate of drug-likeness (QED) is 0.0406. The number of H-pyrrole nitrogens is 2. The zero-order chi connectivity index (χ0) is 41.2. The predicted molar refractivity (Wildman–Crippen MR) is 222 cm³/mol. The van der Waals surface area contributed by atoms with E-state index in [1.165, 1.54) is 17.0 Å². The number of aromatic amines is 2. The topological polar surface area (TPSA) is 167 Å². The van der Waals surface area contributed by atoms with Gasteiger partial charge in [0.05, 0.1) is 45.3 Å². The molecule has 1 saturated heterocycles. The summed E-state index contributed by atoms with van der Waals surface area (Å²) in [6.07, 6.45) is 3.34. The number of aliphatic imine (C=N–C) groups is 1. The van der Waals surface area contributed by atoms with Crippen LogP contribution in [-0.2, 0) is 24.1 Å². The Bertz CT molecular complexity index is 2120. The first-order chi connectivity index (χ1) is 28.1. The molecule has 2 N–H and O–H groups in total. The normalized spacial score (nSPS) is 17.8. The van der Waals surface area contributed by atoms with Crippen LogP contribution in [0.25, 0.3) is 11.3 Å². The third-order valence-corrected chi connectivity index (χ3v) is 12.0. The van der Waals surface area contributed by atoms with Gasteiger partial charge >= 0.3 is 5.69 Å². The van der Waals surface area contributed by atoms with Gasteiger partial charge in [-0.05, 0) is 68.7 Å². The maximum atomic E-state index is 13.5. The summed E-state index contributed by atoms with van der Waals surface area (Å²) >= 11 is 0. The lowest BCUT2D eigenvalue weighted by Gasteiger charge is -2.39. The second-order valence-corrected chi connectivity index (χ2v) is 15.7. The average molecular weight is 814 g/mol. The largest absolute Gasteiger partial charge is 0.497 e. The predicted octanol–water partition coefficient (Wildman–Crippen LogP) is 6.47. The van der Waals surface area contributed by atoms with Crippen molar-refractivity contribution < 1.29 is 28.0 Å². The van der Waals surface area contributed by atoms with Gasteiger partial charge in [0.1, 0.15) is 35.1 Å². The highest BCUT2D eigenvalue weighted by molar-refractivity contribution is 7.44. The van der Waals surface area contributed by atoms with E-state index in [1.54, 1.807) is 21.3 Å². The molecule has 0 bridgehead atoms. The van der Waals surface area contributed by atoms with Gasteiger partial charge in [-0.2, -0.15) is 15.4 Å². The van der Waals surface area contributed by atoms with Crippen LogP contribution < -0.4 is 20.7 Å². The molecule has 0 radical (unpaired) electrons. The first-order valence-electron chi connectivity index (χ1n) is 19.2. The molecule has 1 aliphatic rings. The van der Waals surface area contributed by atoms with Crippen molar-refractivity contribution in [2.24, 2.45) is 4.99 Å². The Kier molecular flexibility index (Phi) is 14.4. The van der Waals surface area contributed by atoms with E-state index >= 15 is 0 Å². The van der Waals surface area contributed by atoms with E-state index in [0.717, 1.165) is 16.7 Å². The second-order valence-electron chi connectivity index (χ2n) is 14.3. The molecule has 6 rings (SSSR count). The molecule has 3 aromatic carbocycles. The van der Waals surface area contributed by atoms with E-state index in [9.17, 15) is 9.59 Å². The number of nitrogens with zero attached hydrogens (tertiary/aromatic N) is 5. The monoisotopic (exact) mass is 813 g/mol. The molecule has 308 valence electrons. The maximum absolute atomic E-state index is 13.5. The lowest BCUT2D eigenvalue weighted by Crippen LogP contribution is -2.39. The minimum Gasteiger partial charge on any atom is -0.497 e. The van der Waals surface area contributed by atoms with Gasteiger partial charge in [-0.15, -0.1) is 0 Å². The molecule has 4 unspecified atom stereocenters. The zero-order valence-electron chi connectivity index (χ0n) is 33.9. The fourth-order valence-corrected chi connectivity index (χ4v) is 8.95. The molecule has 1 fully saturated rings. The van der Waals surface area contributed by atoms with Crippen molar-refractivity contribution in [3.63, 3.8) is 0 Å². The first kappa shape index (κ1) is 42.6. The molecule has 1 aliphatic heterocycles. The summed E-state index contributed by atoms with van der Waals surface area (Å²) in [5.74, 6) is 1.40. The van der Waals surface area contributed by atoms with Crippen LogP contribution in [0.4, 0.5) is 0 Å². The van der Waals surface area contributed by atoms with Crippen molar-refractivity contribution in [3.8, 4) is 22.8 Å². The van der Waals surface area contributed by atoms with Gasteiger partial charge < -0.3 is 33.0 Å². The number of hydrogen-bond donors (Lipinski definition) is 2. The molecule has 0 aliphatic carbocycles. The number of aromatic nitrogens is 5. The molecule has 58 heavy (non-hydrogen) atoms. The van der Waals surface area contributed by atoms with Gasteiger partial charge in [0.2, 0.25) is 0 Å². The van der Waals surface area contributed by atoms with Crippen LogP contribution in [0.2, 0.25) is 0 Å². The van der Waals surface area contributed by atoms with E-state index in [0.29, 0.717) is 24.5 Å². The smallest absolute Gasteiger partial charge is 0.330 e. The molecular weight excluding hydrogens is 761 g/mol. The molecule has 3 heterocycles. The summed E-state index contributed by atoms with van der Waals surface area (Å²) in [5.41, 5.74) is 0.628. The second kappa shape index (κ2) is 19.6. The fraction of sp³-hybridized carbons (Fsp3) is 0.405. The number of methoxy groups -OCH3 is 2. The van der Waals surface area contributed by atoms with Gasteiger partial charge in [0, 0.05) is 44.4 Å². The van der Waals surface area contributed by atoms with Gasteiger partial charge in [0.15, 0.2) is 0 Å². The van der Waals surface area contributed by atoms with Crippen LogP contribution in [0.3, 0.4) is 0 Å². The van der Waals surface area contributed by atoms with E-state index in [4.69, 9.17) is 28.0 Å². The number of rotatable bonds is 19. The minimum absolute atomic E-state index is 0.0252. The van der Waals surface area contributed by atoms with Crippen LogP contribution in [-0.4, -0.2) is 94.6 Å². The fourth-order valence-electron chi connectivity index (χ4n) is 7.18. The molecule has 16 heteroatoms. The third kappa shape index (κ3) is 9.47. The molecular formula is C42H52N7O8P. The number of ether oxygens (including phenoxy) is 4. The number of nitrogens with one attached hydrogen (secondary N) is 2. The third-order valence-electron chi connectivity index (χ3n) is 9.89. The average Bonchev–Trinajstić information content (AvgIpc) is 3.91. The zero-order valence-corrected chi connectivity index (χ0v) is 34.8. The Balaban J connectivity index is 1.44. The molecule has 2 aromatic heterocycles. The van der Waals surface area contributed by atoms with Crippen LogP contribution in [0.1, 0.15) is 63.5 Å². The highest BCUT2D eigenvalue weighted by Crippen LogP contribution is 2.50. The molecule has 0 spiro atoms. The highest BCUT2D eigenvalue weighted by Gasteiger charge is 2.45. The van der Waals surface area contributed by atoms with Gasteiger partial charge in [-0.25, -0.2) is 9.46 Å². The molecule has 4 atom stereocenters. The van der Waals surface area contributed by atoms with Crippen molar-refractivity contribution in [2.45, 2.75) is 76.7 Å². The van der Waals surface area contributed by atoms with Gasteiger partial charge in [-0.3, -0.25) is 14.3 Å². The Morgan fingerprint density at radius 2 is 1.57 bits per heavy atom. The van der Waals surface area contributed by atoms with Gasteiger partial charge in [0.25, 0.3) is 14.1 Å². The van der Waals surface area contributed by atoms with Crippen molar-refractivity contribution in [1.82, 2.24) is 29.6 Å². The number of hydrogen-bond acceptors (Lipinski definition) is 12. The van der Waals surface area contributed by atoms with Crippen LogP contribution >= 0.6 is 8.53 Å². The minimum atomic E-state index is -1.63. The van der Waals surface area contributed by atoms with Crippen molar-refractivity contribution in [3.05, 3.63) is 129 Å². The lowest BCUT2D eigenvalue weighted by molar-refractivity contribution is -0.0925. The summed E-state index contributed by atoms with van der Waals surface area (Å²) in [7, 11) is 3.36. The molecule has 15 nitrogen and oxygen atoms in total. The summed E-state index contributed by atoms with van der Waals surface area (Å²) < 4.78 is 42.3. The SMILES string of the molecule is CN=CCCOP(OC1CC(n2cc(-c3cn[nH]n3)c(=O)[nH]c2=O)OC1COC(c1ccccc1)(c1ccc(OC)cc1)c1ccc(OC)cc1)N(C(C)C)C(C)C. The highest BCUT2D eigenvalue weighted by atomic mass is 31.2. The van der Waals surface area contributed by atoms with Crippen molar-refractivity contribution in [1.29, 1.82) is 0 Å². The standard InChI is InChI=1S/C42H52N7O8P/c1-28(2)49(29(3)4)58(55-23-11-22-43-5)57-37-24-39(48-26-35(36-25-44-47-46-36)40(50)45-41(48)51)56-38(37)27-54-42(30-12-9-8-10-13-30,31-14-18-33(52-6)19-15-31)32-16-20-34(53-7)21-17-32/h8-10,12-22,25-26,28-29,37-39H,11,23-24,27H2,1-7H3,(H,44,46,47)(H,45,50,51). The molecule has 5 aromatic rings. The molecule has 0 saturated carbocycles. The first-order valence-corrected chi connectivity index (χ1v) is 20.4. The summed E-state index contributed by atoms with van der Waals surface area (Å²) in [4.78, 5) is 33.0. The van der Waals surface area contributed by atoms with E-state index in [2.05, 4.69) is 57.8 Å². The van der Waals surface area contributed by atoms with Crippen LogP contribution in [0, 0.1) is 0 Å². The maximum Gasteiger partial charge on any atom is 0.330 e. The van der Waals surface area contributed by atoms with Crippen LogP contribution in [0.15, 0.2) is 106 Å². The summed E-state index contributed by atoms with van der Waals surface area (Å²) in [6.45, 7) is 8.84. The Morgan fingerprint density at radius 3 is 2.12 bits per heavy atom. The van der Waals surface area contributed by atoms with Crippen LogP contribution in [0.5, 0.6) is 11.5 Å². The Hall–Kier alpha value is -5.02. The summed E-state index contributed by atoms with van der Waals surface area (Å²) in [5, 5.41) is 10.4. The Labute approximate surface area is 339 Å². The van der Waals surface area contributed by atoms with E-state index in [1.807, 2.05) is 85.1 Å². The van der Waals surface area contributed by atoms with Crippen molar-refractivity contribution in [2.75, 3.05) is 34.5 Å². The lowest BCUT2D eigenvalue weighted by atomic mass is 9.80. The van der Waals surface area contributed by atoms with Gasteiger partial charge in [-0.1, -0.05) is 54.6 Å². The Morgan fingerprint density at radius 1 is 0.948 bits per heavy atom. The summed E-state index contributed by atoms with van der Waals surface area (Å²) in [6, 6.07) is 25.7. The molecule has 0 amide bonds.